The molecule has 24 heavy (non-hydrogen) atoms. The van der Waals surface area contributed by atoms with Gasteiger partial charge in [0.25, 0.3) is 0 Å². The summed E-state index contributed by atoms with van der Waals surface area (Å²) in [7, 11) is 0. The summed E-state index contributed by atoms with van der Waals surface area (Å²) in [5, 5.41) is 2.76. The molecular weight excluding hydrogens is 383 g/mol. The Hall–Kier alpha value is -1.35. The molecule has 0 fully saturated rings. The zero-order valence-electron chi connectivity index (χ0n) is 14.0. The van der Waals surface area contributed by atoms with E-state index in [1.807, 2.05) is 30.3 Å². The normalized spacial score (nSPS) is 11.7. The third-order valence-corrected chi connectivity index (χ3v) is 6.02. The SMILES string of the molecule is CC(CCCC[Se]Cc1ccccc1)OC(=S)Oc1ccccc1. The van der Waals surface area contributed by atoms with Gasteiger partial charge in [0.2, 0.25) is 0 Å². The van der Waals surface area contributed by atoms with Crippen LogP contribution in [0.15, 0.2) is 60.7 Å². The molecule has 2 aromatic carbocycles. The Kier molecular flexibility index (Phi) is 8.89. The van der Waals surface area contributed by atoms with Crippen LogP contribution in [-0.4, -0.2) is 26.3 Å². The van der Waals surface area contributed by atoms with Gasteiger partial charge >= 0.3 is 157 Å². The molecule has 0 aromatic heterocycles. The van der Waals surface area contributed by atoms with Crippen LogP contribution < -0.4 is 4.74 Å². The van der Waals surface area contributed by atoms with Gasteiger partial charge in [0, 0.05) is 0 Å². The molecule has 0 saturated heterocycles. The fourth-order valence-electron chi connectivity index (χ4n) is 2.23. The maximum absolute atomic E-state index is 5.64. The third kappa shape index (κ3) is 7.96. The van der Waals surface area contributed by atoms with Crippen molar-refractivity contribution in [1.29, 1.82) is 0 Å². The van der Waals surface area contributed by atoms with Crippen LogP contribution in [0.25, 0.3) is 0 Å². The molecule has 0 amide bonds. The van der Waals surface area contributed by atoms with E-state index in [0.29, 0.717) is 15.0 Å². The minimum absolute atomic E-state index is 0.0998. The van der Waals surface area contributed by atoms with E-state index in [-0.39, 0.29) is 11.3 Å². The molecule has 0 heterocycles. The van der Waals surface area contributed by atoms with Gasteiger partial charge in [-0.3, -0.25) is 0 Å². The Morgan fingerprint density at radius 1 is 1.00 bits per heavy atom. The van der Waals surface area contributed by atoms with Crippen molar-refractivity contribution in [3.63, 3.8) is 0 Å². The summed E-state index contributed by atoms with van der Waals surface area (Å²) >= 11 is 5.84. The molecule has 4 heteroatoms. The monoisotopic (exact) mass is 408 g/mol. The molecular formula is C20H24O2SSe. The summed E-state index contributed by atoms with van der Waals surface area (Å²) < 4.78 is 11.1. The predicted octanol–water partition coefficient (Wildman–Crippen LogP) is 5.25. The molecule has 0 spiro atoms. The fourth-order valence-corrected chi connectivity index (χ4v) is 4.55. The second kappa shape index (κ2) is 11.2. The molecule has 0 radical (unpaired) electrons. The van der Waals surface area contributed by atoms with E-state index >= 15 is 0 Å². The number of unbranched alkanes of at least 4 members (excludes halogenated alkanes) is 1. The molecule has 0 saturated carbocycles. The van der Waals surface area contributed by atoms with Crippen molar-refractivity contribution < 1.29 is 9.47 Å². The Bertz CT molecular complexity index is 589. The van der Waals surface area contributed by atoms with Crippen LogP contribution in [0.5, 0.6) is 5.75 Å². The molecule has 128 valence electrons. The molecule has 0 bridgehead atoms. The van der Waals surface area contributed by atoms with Gasteiger partial charge in [-0.2, -0.15) is 0 Å². The van der Waals surface area contributed by atoms with Crippen LogP contribution >= 0.6 is 12.2 Å². The summed E-state index contributed by atoms with van der Waals surface area (Å²) in [6.45, 7) is 2.05. The molecule has 2 nitrogen and oxygen atoms in total. The quantitative estimate of drug-likeness (QED) is 0.321. The summed E-state index contributed by atoms with van der Waals surface area (Å²) in [4.78, 5) is 0. The molecule has 1 atom stereocenters. The molecule has 2 rings (SSSR count). The van der Waals surface area contributed by atoms with Crippen molar-refractivity contribution in [2.24, 2.45) is 0 Å². The molecule has 0 aliphatic heterocycles. The van der Waals surface area contributed by atoms with Crippen LogP contribution in [0, 0.1) is 0 Å². The Morgan fingerprint density at radius 2 is 1.67 bits per heavy atom. The molecule has 2 aromatic rings. The van der Waals surface area contributed by atoms with Gasteiger partial charge < -0.3 is 0 Å². The van der Waals surface area contributed by atoms with Crippen molar-refractivity contribution >= 4 is 32.4 Å². The van der Waals surface area contributed by atoms with Gasteiger partial charge in [0.15, 0.2) is 0 Å². The summed E-state index contributed by atoms with van der Waals surface area (Å²) in [6, 6.07) is 20.2. The van der Waals surface area contributed by atoms with Crippen LogP contribution in [-0.2, 0) is 10.1 Å². The van der Waals surface area contributed by atoms with Gasteiger partial charge in [-0.05, 0) is 0 Å². The number of benzene rings is 2. The van der Waals surface area contributed by atoms with Gasteiger partial charge in [-0.1, -0.05) is 0 Å². The molecule has 1 unspecified atom stereocenters. The van der Waals surface area contributed by atoms with E-state index in [9.17, 15) is 0 Å². The third-order valence-electron chi connectivity index (χ3n) is 3.50. The number of ether oxygens (including phenoxy) is 2. The van der Waals surface area contributed by atoms with Crippen LogP contribution in [0.4, 0.5) is 0 Å². The number of thiocarbonyl (C=S) groups is 1. The Morgan fingerprint density at radius 3 is 2.38 bits per heavy atom. The number of hydrogen-bond acceptors (Lipinski definition) is 3. The van der Waals surface area contributed by atoms with Crippen molar-refractivity contribution in [3.05, 3.63) is 66.2 Å². The van der Waals surface area contributed by atoms with Crippen LogP contribution in [0.3, 0.4) is 0 Å². The van der Waals surface area contributed by atoms with Crippen molar-refractivity contribution in [2.45, 2.75) is 42.9 Å². The van der Waals surface area contributed by atoms with E-state index in [0.717, 1.165) is 12.2 Å². The van der Waals surface area contributed by atoms with Gasteiger partial charge in [0.1, 0.15) is 0 Å². The molecule has 0 aliphatic rings. The van der Waals surface area contributed by atoms with E-state index in [1.165, 1.54) is 29.0 Å². The first-order valence-electron chi connectivity index (χ1n) is 8.29. The van der Waals surface area contributed by atoms with Crippen LogP contribution in [0.2, 0.25) is 5.32 Å². The summed E-state index contributed by atoms with van der Waals surface area (Å²) in [5.74, 6) is 0.721. The molecule has 0 aliphatic carbocycles. The number of hydrogen-bond donors (Lipinski definition) is 0. The van der Waals surface area contributed by atoms with Gasteiger partial charge in [-0.25, -0.2) is 0 Å². The number of rotatable bonds is 9. The predicted molar refractivity (Wildman–Crippen MR) is 105 cm³/mol. The van der Waals surface area contributed by atoms with E-state index in [2.05, 4.69) is 37.3 Å². The Balaban J connectivity index is 1.51. The second-order valence-electron chi connectivity index (χ2n) is 5.63. The average molecular weight is 407 g/mol. The van der Waals surface area contributed by atoms with E-state index < -0.39 is 0 Å². The first-order valence-corrected chi connectivity index (χ1v) is 11.1. The van der Waals surface area contributed by atoms with Gasteiger partial charge in [0.05, 0.1) is 0 Å². The van der Waals surface area contributed by atoms with Gasteiger partial charge in [-0.15, -0.1) is 0 Å². The maximum atomic E-state index is 5.64. The van der Waals surface area contributed by atoms with E-state index in [4.69, 9.17) is 21.7 Å². The minimum atomic E-state index is 0.0998. The van der Waals surface area contributed by atoms with Crippen molar-refractivity contribution in [3.8, 4) is 5.75 Å². The zero-order chi connectivity index (χ0) is 17.0. The Labute approximate surface area is 156 Å². The second-order valence-corrected chi connectivity index (χ2v) is 8.28. The van der Waals surface area contributed by atoms with Crippen LogP contribution in [0.1, 0.15) is 31.7 Å². The van der Waals surface area contributed by atoms with Crippen molar-refractivity contribution in [1.82, 2.24) is 0 Å². The summed E-state index contributed by atoms with van der Waals surface area (Å²) in [6.07, 6.45) is 3.54. The fraction of sp³-hybridized carbons (Fsp3) is 0.350. The van der Waals surface area contributed by atoms with Crippen molar-refractivity contribution in [2.75, 3.05) is 0 Å². The summed E-state index contributed by atoms with van der Waals surface area (Å²) in [5.41, 5.74) is 1.46. The molecule has 0 N–H and O–H groups in total. The first-order chi connectivity index (χ1) is 11.7. The topological polar surface area (TPSA) is 18.5 Å². The number of para-hydroxylation sites is 1. The first kappa shape index (κ1) is 19.0. The average Bonchev–Trinajstić information content (AvgIpc) is 2.59. The van der Waals surface area contributed by atoms with E-state index in [1.54, 1.807) is 0 Å². The zero-order valence-corrected chi connectivity index (χ0v) is 16.5. The standard InChI is InChI=1S/C20H24O2SSe/c1-17(21-20(23)22-19-13-6-3-7-14-19)10-8-9-15-24-16-18-11-4-2-5-12-18/h2-7,11-14,17H,8-10,15-16H2,1H3.